The summed E-state index contributed by atoms with van der Waals surface area (Å²) in [5.74, 6) is -0.0908. The topological polar surface area (TPSA) is 68.0 Å². The average Bonchev–Trinajstić information content (AvgIpc) is 2.88. The molecule has 2 rings (SSSR count). The molecular weight excluding hydrogens is 254 g/mol. The molecule has 0 aliphatic carbocycles. The molecule has 0 saturated carbocycles. The van der Waals surface area contributed by atoms with Crippen LogP contribution in [-0.2, 0) is 6.42 Å². The fraction of sp³-hybridized carbons (Fsp3) is 0.273. The molecule has 0 atom stereocenters. The number of hydrogen-bond donors (Lipinski definition) is 2. The Hall–Kier alpha value is -1.40. The van der Waals surface area contributed by atoms with Crippen LogP contribution in [0, 0.1) is 6.92 Å². The molecule has 1 amide bonds. The van der Waals surface area contributed by atoms with Gasteiger partial charge in [-0.05, 0) is 35.7 Å². The number of carbonyl (C=O) groups is 1. The van der Waals surface area contributed by atoms with E-state index < -0.39 is 0 Å². The van der Waals surface area contributed by atoms with Gasteiger partial charge in [-0.3, -0.25) is 4.79 Å². The van der Waals surface area contributed by atoms with E-state index in [1.165, 1.54) is 16.9 Å². The predicted octanol–water partition coefficient (Wildman–Crippen LogP) is 2.07. The number of thiophene rings is 1. The largest absolute Gasteiger partial charge is 0.375 e. The number of nitrogens with one attached hydrogen (secondary N) is 1. The van der Waals surface area contributed by atoms with E-state index in [1.807, 2.05) is 5.38 Å². The fourth-order valence-corrected chi connectivity index (χ4v) is 2.92. The number of nitrogens with two attached hydrogens (primary N) is 1. The second kappa shape index (κ2) is 5.29. The van der Waals surface area contributed by atoms with E-state index in [1.54, 1.807) is 18.3 Å². The smallest absolute Gasteiger partial charge is 0.263 e. The first-order chi connectivity index (χ1) is 8.16. The first-order valence-electron chi connectivity index (χ1n) is 5.19. The van der Waals surface area contributed by atoms with Gasteiger partial charge in [-0.25, -0.2) is 4.98 Å². The summed E-state index contributed by atoms with van der Waals surface area (Å²) in [6.45, 7) is 2.42. The third-order valence-electron chi connectivity index (χ3n) is 2.30. The Balaban J connectivity index is 1.87. The Morgan fingerprint density at radius 3 is 3.00 bits per heavy atom. The number of carbonyl (C=O) groups excluding carboxylic acids is 1. The van der Waals surface area contributed by atoms with Crippen molar-refractivity contribution in [1.29, 1.82) is 0 Å². The Morgan fingerprint density at radius 1 is 1.59 bits per heavy atom. The van der Waals surface area contributed by atoms with Crippen LogP contribution < -0.4 is 11.1 Å². The van der Waals surface area contributed by atoms with Crippen LogP contribution in [-0.4, -0.2) is 17.4 Å². The molecule has 90 valence electrons. The fourth-order valence-electron chi connectivity index (χ4n) is 1.46. The summed E-state index contributed by atoms with van der Waals surface area (Å²) in [4.78, 5) is 16.4. The molecule has 2 aromatic rings. The highest BCUT2D eigenvalue weighted by molar-refractivity contribution is 7.17. The van der Waals surface area contributed by atoms with Gasteiger partial charge in [-0.1, -0.05) is 11.3 Å². The quantitative estimate of drug-likeness (QED) is 0.891. The number of aryl methyl sites for hydroxylation is 1. The van der Waals surface area contributed by atoms with Gasteiger partial charge in [0.1, 0.15) is 4.88 Å². The van der Waals surface area contributed by atoms with E-state index in [4.69, 9.17) is 5.73 Å². The molecular formula is C11H13N3OS2. The number of thiazole rings is 1. The van der Waals surface area contributed by atoms with E-state index in [2.05, 4.69) is 21.7 Å². The van der Waals surface area contributed by atoms with Crippen molar-refractivity contribution in [3.63, 3.8) is 0 Å². The molecule has 3 N–H and O–H groups in total. The molecule has 0 saturated heterocycles. The highest BCUT2D eigenvalue weighted by Crippen LogP contribution is 2.19. The van der Waals surface area contributed by atoms with E-state index in [9.17, 15) is 4.79 Å². The Morgan fingerprint density at radius 2 is 2.41 bits per heavy atom. The van der Waals surface area contributed by atoms with Gasteiger partial charge in [0.25, 0.3) is 5.91 Å². The van der Waals surface area contributed by atoms with Crippen LogP contribution in [0.3, 0.4) is 0 Å². The van der Waals surface area contributed by atoms with E-state index in [0.29, 0.717) is 22.2 Å². The average molecular weight is 267 g/mol. The van der Waals surface area contributed by atoms with Crippen molar-refractivity contribution in [2.24, 2.45) is 0 Å². The molecule has 0 fully saturated rings. The van der Waals surface area contributed by atoms with Crippen LogP contribution >= 0.6 is 22.7 Å². The number of anilines is 1. The normalized spacial score (nSPS) is 10.4. The zero-order valence-corrected chi connectivity index (χ0v) is 11.0. The maximum atomic E-state index is 11.8. The van der Waals surface area contributed by atoms with Crippen LogP contribution in [0.15, 0.2) is 16.8 Å². The van der Waals surface area contributed by atoms with Gasteiger partial charge < -0.3 is 11.1 Å². The lowest BCUT2D eigenvalue weighted by Crippen LogP contribution is -2.25. The summed E-state index contributed by atoms with van der Waals surface area (Å²) in [5, 5.41) is 7.43. The highest BCUT2D eigenvalue weighted by Gasteiger charge is 2.13. The third-order valence-corrected chi connectivity index (χ3v) is 4.02. The monoisotopic (exact) mass is 267 g/mol. The molecule has 0 aromatic carbocycles. The van der Waals surface area contributed by atoms with Crippen LogP contribution in [0.5, 0.6) is 0 Å². The predicted molar refractivity (Wildman–Crippen MR) is 71.6 cm³/mol. The van der Waals surface area contributed by atoms with Gasteiger partial charge in [0, 0.05) is 6.54 Å². The molecule has 0 bridgehead atoms. The zero-order valence-electron chi connectivity index (χ0n) is 9.40. The molecule has 0 radical (unpaired) electrons. The number of aromatic nitrogens is 1. The summed E-state index contributed by atoms with van der Waals surface area (Å²) in [6, 6.07) is 2.06. The number of nitrogens with zero attached hydrogens (tertiary/aromatic N) is 1. The van der Waals surface area contributed by atoms with E-state index in [0.717, 1.165) is 6.42 Å². The molecule has 2 heterocycles. The van der Waals surface area contributed by atoms with Crippen molar-refractivity contribution >= 4 is 33.7 Å². The van der Waals surface area contributed by atoms with Crippen LogP contribution in [0.4, 0.5) is 5.13 Å². The van der Waals surface area contributed by atoms with Crippen molar-refractivity contribution in [2.75, 3.05) is 12.3 Å². The first kappa shape index (κ1) is 12.1. The van der Waals surface area contributed by atoms with Gasteiger partial charge in [0.2, 0.25) is 0 Å². The maximum Gasteiger partial charge on any atom is 0.263 e. The molecule has 0 aliphatic heterocycles. The standard InChI is InChI=1S/C11H13N3OS2/c1-7-9(17-11(12)14-7)10(15)13-4-2-8-3-5-16-6-8/h3,5-6H,2,4H2,1H3,(H2,12,14)(H,13,15). The zero-order chi connectivity index (χ0) is 12.3. The molecule has 0 unspecified atom stereocenters. The van der Waals surface area contributed by atoms with Crippen LogP contribution in [0.25, 0.3) is 0 Å². The number of rotatable bonds is 4. The molecule has 0 spiro atoms. The second-order valence-corrected chi connectivity index (χ2v) is 5.41. The number of amides is 1. The van der Waals surface area contributed by atoms with Crippen LogP contribution in [0.2, 0.25) is 0 Å². The summed E-state index contributed by atoms with van der Waals surface area (Å²) in [7, 11) is 0. The maximum absolute atomic E-state index is 11.8. The molecule has 2 aromatic heterocycles. The minimum Gasteiger partial charge on any atom is -0.375 e. The summed E-state index contributed by atoms with van der Waals surface area (Å²) in [6.07, 6.45) is 0.850. The van der Waals surface area contributed by atoms with E-state index >= 15 is 0 Å². The SMILES string of the molecule is Cc1nc(N)sc1C(=O)NCCc1ccsc1. The van der Waals surface area contributed by atoms with Crippen molar-refractivity contribution in [3.8, 4) is 0 Å². The lowest BCUT2D eigenvalue weighted by atomic mass is 10.2. The molecule has 6 heteroatoms. The highest BCUT2D eigenvalue weighted by atomic mass is 32.1. The molecule has 0 aliphatic rings. The van der Waals surface area contributed by atoms with Crippen molar-refractivity contribution < 1.29 is 4.79 Å². The second-order valence-electron chi connectivity index (χ2n) is 3.60. The van der Waals surface area contributed by atoms with Gasteiger partial charge in [0.05, 0.1) is 5.69 Å². The molecule has 4 nitrogen and oxygen atoms in total. The Bertz CT molecular complexity index is 505. The number of nitrogen functional groups attached to an aromatic ring is 1. The van der Waals surface area contributed by atoms with Gasteiger partial charge in [-0.15, -0.1) is 0 Å². The van der Waals surface area contributed by atoms with Gasteiger partial charge >= 0.3 is 0 Å². The van der Waals surface area contributed by atoms with Crippen LogP contribution in [0.1, 0.15) is 20.9 Å². The first-order valence-corrected chi connectivity index (χ1v) is 6.95. The number of hydrogen-bond acceptors (Lipinski definition) is 5. The van der Waals surface area contributed by atoms with Gasteiger partial charge in [0.15, 0.2) is 5.13 Å². The Labute approximate surface area is 107 Å². The third kappa shape index (κ3) is 3.04. The lowest BCUT2D eigenvalue weighted by molar-refractivity contribution is 0.0957. The van der Waals surface area contributed by atoms with E-state index in [-0.39, 0.29) is 5.91 Å². The lowest BCUT2D eigenvalue weighted by Gasteiger charge is -2.02. The molecule has 17 heavy (non-hydrogen) atoms. The summed E-state index contributed by atoms with van der Waals surface area (Å²) in [5.41, 5.74) is 7.49. The van der Waals surface area contributed by atoms with Crippen molar-refractivity contribution in [2.45, 2.75) is 13.3 Å². The van der Waals surface area contributed by atoms with Gasteiger partial charge in [-0.2, -0.15) is 11.3 Å². The minimum absolute atomic E-state index is 0.0908. The van der Waals surface area contributed by atoms with Crippen molar-refractivity contribution in [1.82, 2.24) is 10.3 Å². The van der Waals surface area contributed by atoms with Crippen molar-refractivity contribution in [3.05, 3.63) is 33.0 Å². The minimum atomic E-state index is -0.0908. The summed E-state index contributed by atoms with van der Waals surface area (Å²) < 4.78 is 0. The summed E-state index contributed by atoms with van der Waals surface area (Å²) >= 11 is 2.89. The Kier molecular flexibility index (Phi) is 3.75.